The number of carbonyl (C=O) groups is 3. The van der Waals surface area contributed by atoms with Gasteiger partial charge in [-0.05, 0) is 50.9 Å². The maximum atomic E-state index is 12.3. The lowest BCUT2D eigenvalue weighted by molar-refractivity contribution is -0.398. The number of halogens is 1. The molecule has 0 aromatic heterocycles. The molecule has 0 saturated heterocycles. The smallest absolute Gasteiger partial charge is 0.326 e. The number of quaternary nitrogens is 1. The quantitative estimate of drug-likeness (QED) is 0.364. The van der Waals surface area contributed by atoms with Crippen LogP contribution in [0.5, 0.6) is 0 Å². The summed E-state index contributed by atoms with van der Waals surface area (Å²) >= 11 is 0. The predicted molar refractivity (Wildman–Crippen MR) is 89.8 cm³/mol. The zero-order valence-corrected chi connectivity index (χ0v) is 16.1. The fourth-order valence-electron chi connectivity index (χ4n) is 3.03. The van der Waals surface area contributed by atoms with Crippen LogP contribution in [0.3, 0.4) is 0 Å². The number of rotatable bonds is 8. The van der Waals surface area contributed by atoms with E-state index in [1.54, 1.807) is 6.92 Å². The summed E-state index contributed by atoms with van der Waals surface area (Å²) in [5, 5.41) is 14.8. The molecule has 0 radical (unpaired) electrons. The molecule has 1 saturated carbocycles. The Morgan fingerprint density at radius 1 is 1.12 bits per heavy atom. The molecule has 0 bridgehead atoms. The summed E-state index contributed by atoms with van der Waals surface area (Å²) in [5.41, 5.74) is 3.69. The summed E-state index contributed by atoms with van der Waals surface area (Å²) in [4.78, 5) is 35.1. The first-order valence-corrected chi connectivity index (χ1v) is 8.84. The third kappa shape index (κ3) is 8.54. The molecule has 8 heteroatoms. The van der Waals surface area contributed by atoms with E-state index in [-0.39, 0.29) is 42.1 Å². The minimum Gasteiger partial charge on any atom is -1.00 e. The van der Waals surface area contributed by atoms with Crippen molar-refractivity contribution in [1.82, 2.24) is 10.6 Å². The van der Waals surface area contributed by atoms with Crippen molar-refractivity contribution in [3.05, 3.63) is 0 Å². The zero-order valence-electron chi connectivity index (χ0n) is 15.4. The molecule has 1 fully saturated rings. The second kappa shape index (κ2) is 11.3. The number of carboxylic acids is 1. The third-order valence-electron chi connectivity index (χ3n) is 4.55. The van der Waals surface area contributed by atoms with Crippen LogP contribution < -0.4 is 28.8 Å². The van der Waals surface area contributed by atoms with Gasteiger partial charge in [0.25, 0.3) is 5.91 Å². The second-order valence-electron chi connectivity index (χ2n) is 7.39. The molecule has 0 aromatic carbocycles. The van der Waals surface area contributed by atoms with Crippen molar-refractivity contribution in [1.29, 1.82) is 0 Å². The lowest BCUT2D eigenvalue weighted by Gasteiger charge is -2.29. The summed E-state index contributed by atoms with van der Waals surface area (Å²) in [6.45, 7) is 6.26. The van der Waals surface area contributed by atoms with Crippen molar-refractivity contribution >= 4 is 17.8 Å². The summed E-state index contributed by atoms with van der Waals surface area (Å²) < 4.78 is 0. The molecule has 0 spiro atoms. The Morgan fingerprint density at radius 2 is 1.68 bits per heavy atom. The highest BCUT2D eigenvalue weighted by molar-refractivity contribution is 5.85. The maximum Gasteiger partial charge on any atom is 0.326 e. The molecule has 1 aliphatic rings. The van der Waals surface area contributed by atoms with E-state index in [1.807, 2.05) is 13.8 Å². The molecule has 1 aliphatic carbocycles. The molecule has 2 atom stereocenters. The van der Waals surface area contributed by atoms with E-state index < -0.39 is 12.0 Å². The molecule has 25 heavy (non-hydrogen) atoms. The maximum absolute atomic E-state index is 12.3. The van der Waals surface area contributed by atoms with Crippen molar-refractivity contribution in [2.45, 2.75) is 65.0 Å². The summed E-state index contributed by atoms with van der Waals surface area (Å²) in [6.07, 6.45) is 3.64. The van der Waals surface area contributed by atoms with Gasteiger partial charge >= 0.3 is 5.97 Å². The molecule has 1 rings (SSSR count). The summed E-state index contributed by atoms with van der Waals surface area (Å²) in [5.74, 6) is -0.720. The zero-order chi connectivity index (χ0) is 18.3. The van der Waals surface area contributed by atoms with Crippen LogP contribution in [0.25, 0.3) is 0 Å². The predicted octanol–water partition coefficient (Wildman–Crippen LogP) is -2.84. The van der Waals surface area contributed by atoms with Crippen LogP contribution in [0.15, 0.2) is 0 Å². The van der Waals surface area contributed by atoms with Gasteiger partial charge in [-0.1, -0.05) is 13.8 Å². The number of amides is 2. The SMILES string of the molecule is CC(C)C[C@@H](NC(=O)C1CCC(CNC(=O)[C@@H](C)[NH3+])CC1)C(=O)O.[Cl-]. The van der Waals surface area contributed by atoms with Crippen molar-refractivity contribution in [3.8, 4) is 0 Å². The van der Waals surface area contributed by atoms with Crippen LogP contribution >= 0.6 is 0 Å². The molecular weight excluding hydrogens is 346 g/mol. The highest BCUT2D eigenvalue weighted by atomic mass is 35.5. The molecule has 0 unspecified atom stereocenters. The lowest BCUT2D eigenvalue weighted by Crippen LogP contribution is -3.00. The molecule has 0 aromatic rings. The van der Waals surface area contributed by atoms with Crippen molar-refractivity contribution in [3.63, 3.8) is 0 Å². The first kappa shape index (κ1) is 23.7. The van der Waals surface area contributed by atoms with Crippen molar-refractivity contribution in [2.75, 3.05) is 6.54 Å². The van der Waals surface area contributed by atoms with E-state index in [1.165, 1.54) is 0 Å². The standard InChI is InChI=1S/C17H31N3O4.ClH/c1-10(2)8-14(17(23)24)20-16(22)13-6-4-12(5-7-13)9-19-15(21)11(3)18;/h10-14H,4-9,18H2,1-3H3,(H,19,21)(H,20,22)(H,23,24);1H/t11-,12?,13?,14-;/m1./s1. The van der Waals surface area contributed by atoms with E-state index in [2.05, 4.69) is 16.4 Å². The number of nitrogens with one attached hydrogen (secondary N) is 2. The minimum absolute atomic E-state index is 0. The lowest BCUT2D eigenvalue weighted by atomic mass is 9.81. The average molecular weight is 378 g/mol. The van der Waals surface area contributed by atoms with Crippen LogP contribution in [-0.4, -0.2) is 41.5 Å². The molecule has 0 aliphatic heterocycles. The highest BCUT2D eigenvalue weighted by Crippen LogP contribution is 2.28. The average Bonchev–Trinajstić information content (AvgIpc) is 2.51. The van der Waals surface area contributed by atoms with E-state index in [4.69, 9.17) is 0 Å². The van der Waals surface area contributed by atoms with Crippen LogP contribution in [-0.2, 0) is 14.4 Å². The number of hydrogen-bond donors (Lipinski definition) is 4. The van der Waals surface area contributed by atoms with Gasteiger partial charge in [-0.3, -0.25) is 9.59 Å². The van der Waals surface area contributed by atoms with Crippen molar-refractivity contribution in [2.24, 2.45) is 17.8 Å². The molecule has 2 amide bonds. The molecule has 7 nitrogen and oxygen atoms in total. The minimum atomic E-state index is -0.976. The van der Waals surface area contributed by atoms with E-state index >= 15 is 0 Å². The van der Waals surface area contributed by atoms with Gasteiger partial charge in [0.15, 0.2) is 6.04 Å². The third-order valence-corrected chi connectivity index (χ3v) is 4.55. The van der Waals surface area contributed by atoms with Gasteiger partial charge in [0.05, 0.1) is 0 Å². The van der Waals surface area contributed by atoms with E-state index in [9.17, 15) is 19.5 Å². The Balaban J connectivity index is 0.00000576. The number of carboxylic acid groups (broad SMARTS) is 1. The molecular formula is C17H32ClN3O4. The Hall–Kier alpha value is -1.34. The largest absolute Gasteiger partial charge is 1.00 e. The van der Waals surface area contributed by atoms with Crippen LogP contribution in [0, 0.1) is 17.8 Å². The van der Waals surface area contributed by atoms with E-state index in [0.717, 1.165) is 25.7 Å². The molecule has 6 N–H and O–H groups in total. The van der Waals surface area contributed by atoms with Gasteiger partial charge in [-0.2, -0.15) is 0 Å². The van der Waals surface area contributed by atoms with Gasteiger partial charge in [0.2, 0.25) is 5.91 Å². The normalized spacial score (nSPS) is 22.4. The fraction of sp³-hybridized carbons (Fsp3) is 0.824. The van der Waals surface area contributed by atoms with Gasteiger partial charge in [0.1, 0.15) is 6.04 Å². The highest BCUT2D eigenvalue weighted by Gasteiger charge is 2.29. The van der Waals surface area contributed by atoms with Crippen LogP contribution in [0.2, 0.25) is 0 Å². The molecule has 0 heterocycles. The first-order valence-electron chi connectivity index (χ1n) is 8.84. The number of carbonyl (C=O) groups excluding carboxylic acids is 2. The Kier molecular flexibility index (Phi) is 10.7. The first-order chi connectivity index (χ1) is 11.2. The Labute approximate surface area is 155 Å². The van der Waals surface area contributed by atoms with E-state index in [0.29, 0.717) is 18.9 Å². The van der Waals surface area contributed by atoms with Gasteiger partial charge in [-0.15, -0.1) is 0 Å². The Morgan fingerprint density at radius 3 is 2.12 bits per heavy atom. The fourth-order valence-corrected chi connectivity index (χ4v) is 3.03. The Bertz CT molecular complexity index is 449. The van der Waals surface area contributed by atoms with Crippen LogP contribution in [0.4, 0.5) is 0 Å². The summed E-state index contributed by atoms with van der Waals surface area (Å²) in [6, 6.07) is -1.07. The molecule has 146 valence electrons. The monoisotopic (exact) mass is 377 g/mol. The summed E-state index contributed by atoms with van der Waals surface area (Å²) in [7, 11) is 0. The van der Waals surface area contributed by atoms with Crippen LogP contribution in [0.1, 0.15) is 52.9 Å². The van der Waals surface area contributed by atoms with Gasteiger partial charge in [-0.25, -0.2) is 4.79 Å². The second-order valence-corrected chi connectivity index (χ2v) is 7.39. The number of hydrogen-bond acceptors (Lipinski definition) is 3. The van der Waals surface area contributed by atoms with Gasteiger partial charge < -0.3 is 33.9 Å². The van der Waals surface area contributed by atoms with Gasteiger partial charge in [0, 0.05) is 12.5 Å². The topological polar surface area (TPSA) is 123 Å². The number of aliphatic carboxylic acids is 1. The van der Waals surface area contributed by atoms with Crippen molar-refractivity contribution < 1.29 is 37.6 Å².